The Hall–Kier alpha value is -2.16. The van der Waals surface area contributed by atoms with E-state index >= 15 is 0 Å². The molecule has 9 heteroatoms. The molecule has 8 nitrogen and oxygen atoms in total. The second-order valence-electron chi connectivity index (χ2n) is 4.19. The normalized spacial score (nSPS) is 11.4. The van der Waals surface area contributed by atoms with Gasteiger partial charge in [-0.1, -0.05) is 0 Å². The van der Waals surface area contributed by atoms with Gasteiger partial charge >= 0.3 is 6.01 Å². The number of nitrogens with zero attached hydrogens (tertiary/aromatic N) is 4. The molecule has 0 atom stereocenters. The molecule has 0 aliphatic heterocycles. The number of hydrogen-bond acceptors (Lipinski definition) is 6. The van der Waals surface area contributed by atoms with Crippen molar-refractivity contribution in [3.05, 3.63) is 23.8 Å². The summed E-state index contributed by atoms with van der Waals surface area (Å²) in [4.78, 5) is 7.85. The molecular formula is C11H15N5O3S. The van der Waals surface area contributed by atoms with Crippen molar-refractivity contribution in [2.24, 2.45) is 7.05 Å². The first-order chi connectivity index (χ1) is 9.35. The van der Waals surface area contributed by atoms with Crippen molar-refractivity contribution in [1.29, 1.82) is 0 Å². The number of nitrogens with one attached hydrogen (secondary N) is 1. The lowest BCUT2D eigenvalue weighted by Gasteiger charge is -2.08. The lowest BCUT2D eigenvalue weighted by Crippen LogP contribution is -2.15. The first kappa shape index (κ1) is 14.3. The summed E-state index contributed by atoms with van der Waals surface area (Å²) in [6.07, 6.45) is 2.68. The molecule has 0 aromatic carbocycles. The molecule has 20 heavy (non-hydrogen) atoms. The number of sulfonamides is 1. The van der Waals surface area contributed by atoms with E-state index in [1.165, 1.54) is 24.2 Å². The summed E-state index contributed by atoms with van der Waals surface area (Å²) in [6, 6.07) is 0.168. The summed E-state index contributed by atoms with van der Waals surface area (Å²) in [5.74, 6) is 0. The smallest absolute Gasteiger partial charge is 0.316 e. The molecular weight excluding hydrogens is 282 g/mol. The average Bonchev–Trinajstić information content (AvgIpc) is 2.64. The predicted octanol–water partition coefficient (Wildman–Crippen LogP) is 0.636. The van der Waals surface area contributed by atoms with Gasteiger partial charge in [0.2, 0.25) is 0 Å². The first-order valence-corrected chi connectivity index (χ1v) is 7.22. The van der Waals surface area contributed by atoms with Crippen LogP contribution >= 0.6 is 0 Å². The van der Waals surface area contributed by atoms with E-state index in [9.17, 15) is 8.42 Å². The van der Waals surface area contributed by atoms with Crippen molar-refractivity contribution in [1.82, 2.24) is 19.7 Å². The molecule has 2 heterocycles. The lowest BCUT2D eigenvalue weighted by molar-refractivity contribution is 0.380. The summed E-state index contributed by atoms with van der Waals surface area (Å²) in [5, 5.41) is 4.09. The molecule has 0 amide bonds. The molecule has 108 valence electrons. The van der Waals surface area contributed by atoms with E-state index in [1.54, 1.807) is 20.9 Å². The molecule has 2 rings (SSSR count). The Morgan fingerprint density at radius 1 is 1.25 bits per heavy atom. The van der Waals surface area contributed by atoms with Crippen LogP contribution < -0.4 is 9.46 Å². The molecule has 0 bridgehead atoms. The first-order valence-electron chi connectivity index (χ1n) is 5.74. The van der Waals surface area contributed by atoms with Crippen LogP contribution in [0.1, 0.15) is 11.4 Å². The molecule has 0 saturated carbocycles. The average molecular weight is 297 g/mol. The van der Waals surface area contributed by atoms with Crippen molar-refractivity contribution in [3.8, 4) is 6.01 Å². The van der Waals surface area contributed by atoms with Crippen LogP contribution in [-0.4, -0.2) is 35.3 Å². The van der Waals surface area contributed by atoms with E-state index in [2.05, 4.69) is 19.8 Å². The van der Waals surface area contributed by atoms with E-state index in [-0.39, 0.29) is 16.6 Å². The topological polar surface area (TPSA) is 99.0 Å². The number of ether oxygens (including phenoxy) is 1. The Bertz CT molecular complexity index is 721. The second-order valence-corrected chi connectivity index (χ2v) is 5.81. The number of aryl methyl sites for hydroxylation is 2. The SMILES string of the molecule is COc1ncc(NS(=O)(=O)c2c(C)nn(C)c2C)cn1. The highest BCUT2D eigenvalue weighted by Gasteiger charge is 2.24. The van der Waals surface area contributed by atoms with E-state index < -0.39 is 10.0 Å². The van der Waals surface area contributed by atoms with Gasteiger partial charge in [-0.05, 0) is 13.8 Å². The van der Waals surface area contributed by atoms with Crippen molar-refractivity contribution < 1.29 is 13.2 Å². The molecule has 0 aliphatic rings. The minimum atomic E-state index is -3.73. The zero-order valence-corrected chi connectivity index (χ0v) is 12.4. The van der Waals surface area contributed by atoms with Crippen molar-refractivity contribution in [2.45, 2.75) is 18.7 Å². The minimum Gasteiger partial charge on any atom is -0.467 e. The summed E-state index contributed by atoms with van der Waals surface area (Å²) < 4.78 is 33.5. The van der Waals surface area contributed by atoms with Gasteiger partial charge in [-0.15, -0.1) is 0 Å². The summed E-state index contributed by atoms with van der Waals surface area (Å²) in [6.45, 7) is 3.34. The molecule has 0 radical (unpaired) electrons. The highest BCUT2D eigenvalue weighted by atomic mass is 32.2. The molecule has 0 fully saturated rings. The maximum absolute atomic E-state index is 12.4. The van der Waals surface area contributed by atoms with Crippen molar-refractivity contribution in [3.63, 3.8) is 0 Å². The fourth-order valence-electron chi connectivity index (χ4n) is 1.82. The minimum absolute atomic E-state index is 0.163. The van der Waals surface area contributed by atoms with Gasteiger partial charge in [0.05, 0.1) is 36.6 Å². The Morgan fingerprint density at radius 2 is 1.85 bits per heavy atom. The fourth-order valence-corrected chi connectivity index (χ4v) is 3.29. The zero-order chi connectivity index (χ0) is 14.9. The van der Waals surface area contributed by atoms with E-state index in [4.69, 9.17) is 4.74 Å². The van der Waals surface area contributed by atoms with Crippen LogP contribution in [0, 0.1) is 13.8 Å². The number of rotatable bonds is 4. The van der Waals surface area contributed by atoms with Gasteiger partial charge in [0.15, 0.2) is 0 Å². The summed E-state index contributed by atoms with van der Waals surface area (Å²) in [7, 11) is -0.603. The second kappa shape index (κ2) is 5.08. The molecule has 0 spiro atoms. The van der Waals surface area contributed by atoms with Gasteiger partial charge in [-0.3, -0.25) is 9.40 Å². The van der Waals surface area contributed by atoms with Crippen LogP contribution in [0.2, 0.25) is 0 Å². The van der Waals surface area contributed by atoms with Crippen LogP contribution in [0.3, 0.4) is 0 Å². The number of methoxy groups -OCH3 is 1. The van der Waals surface area contributed by atoms with Gasteiger partial charge < -0.3 is 4.74 Å². The van der Waals surface area contributed by atoms with Crippen LogP contribution in [-0.2, 0) is 17.1 Å². The van der Waals surface area contributed by atoms with Crippen LogP contribution in [0.25, 0.3) is 0 Å². The highest BCUT2D eigenvalue weighted by Crippen LogP contribution is 2.21. The Labute approximate surface area is 116 Å². The number of hydrogen-bond donors (Lipinski definition) is 1. The molecule has 2 aromatic heterocycles. The Kier molecular flexibility index (Phi) is 3.62. The number of anilines is 1. The van der Waals surface area contributed by atoms with Crippen molar-refractivity contribution >= 4 is 15.7 Å². The van der Waals surface area contributed by atoms with Gasteiger partial charge in [-0.25, -0.2) is 18.4 Å². The van der Waals surface area contributed by atoms with Gasteiger partial charge in [0.25, 0.3) is 10.0 Å². The Balaban J connectivity index is 2.35. The standard InChI is InChI=1S/C11H15N5O3S/c1-7-10(8(2)16(3)14-7)20(17,18)15-9-5-12-11(19-4)13-6-9/h5-6,15H,1-4H3. The number of aromatic nitrogens is 4. The fraction of sp³-hybridized carbons (Fsp3) is 0.364. The summed E-state index contributed by atoms with van der Waals surface area (Å²) in [5.41, 5.74) is 1.25. The van der Waals surface area contributed by atoms with Crippen LogP contribution in [0.4, 0.5) is 5.69 Å². The maximum atomic E-state index is 12.4. The van der Waals surface area contributed by atoms with Gasteiger partial charge in [-0.2, -0.15) is 5.10 Å². The molecule has 1 N–H and O–H groups in total. The monoisotopic (exact) mass is 297 g/mol. The third-order valence-electron chi connectivity index (χ3n) is 2.77. The molecule has 2 aromatic rings. The third-order valence-corrected chi connectivity index (χ3v) is 4.41. The Morgan fingerprint density at radius 3 is 2.30 bits per heavy atom. The van der Waals surface area contributed by atoms with E-state index in [0.29, 0.717) is 11.4 Å². The third kappa shape index (κ3) is 2.57. The highest BCUT2D eigenvalue weighted by molar-refractivity contribution is 7.92. The van der Waals surface area contributed by atoms with Crippen LogP contribution in [0.5, 0.6) is 6.01 Å². The van der Waals surface area contributed by atoms with Crippen molar-refractivity contribution in [2.75, 3.05) is 11.8 Å². The molecule has 0 saturated heterocycles. The van der Waals surface area contributed by atoms with E-state index in [0.717, 1.165) is 0 Å². The maximum Gasteiger partial charge on any atom is 0.316 e. The van der Waals surface area contributed by atoms with Gasteiger partial charge in [0, 0.05) is 7.05 Å². The summed E-state index contributed by atoms with van der Waals surface area (Å²) >= 11 is 0. The van der Waals surface area contributed by atoms with Gasteiger partial charge in [0.1, 0.15) is 4.90 Å². The zero-order valence-electron chi connectivity index (χ0n) is 11.6. The quantitative estimate of drug-likeness (QED) is 0.889. The molecule has 0 aliphatic carbocycles. The largest absolute Gasteiger partial charge is 0.467 e. The van der Waals surface area contributed by atoms with E-state index in [1.807, 2.05) is 0 Å². The van der Waals surface area contributed by atoms with Crippen LogP contribution in [0.15, 0.2) is 17.3 Å². The molecule has 0 unspecified atom stereocenters. The predicted molar refractivity (Wildman–Crippen MR) is 72.1 cm³/mol. The lowest BCUT2D eigenvalue weighted by atomic mass is 10.4.